The summed E-state index contributed by atoms with van der Waals surface area (Å²) in [4.78, 5) is 25.4. The van der Waals surface area contributed by atoms with E-state index >= 15 is 0 Å². The summed E-state index contributed by atoms with van der Waals surface area (Å²) >= 11 is 0. The van der Waals surface area contributed by atoms with Crippen LogP contribution in [0.2, 0.25) is 0 Å². The van der Waals surface area contributed by atoms with Crippen LogP contribution in [0.4, 0.5) is 0 Å². The van der Waals surface area contributed by atoms with Gasteiger partial charge >= 0.3 is 0 Å². The van der Waals surface area contributed by atoms with Gasteiger partial charge in [-0.3, -0.25) is 9.59 Å². The van der Waals surface area contributed by atoms with Crippen molar-refractivity contribution < 1.29 is 28.5 Å². The van der Waals surface area contributed by atoms with Crippen molar-refractivity contribution in [2.75, 3.05) is 0 Å². The molecule has 0 bridgehead atoms. The molecular formula is C53H66O6. The summed E-state index contributed by atoms with van der Waals surface area (Å²) in [5.41, 5.74) is 3.70. The molecule has 314 valence electrons. The zero-order valence-corrected chi connectivity index (χ0v) is 37.5. The molecule has 6 heteroatoms. The molecule has 0 saturated heterocycles. The third kappa shape index (κ3) is 10.5. The number of hydrogen-bond acceptors (Lipinski definition) is 6. The Morgan fingerprint density at radius 1 is 0.610 bits per heavy atom. The molecule has 6 nitrogen and oxygen atoms in total. The lowest BCUT2D eigenvalue weighted by atomic mass is 9.69. The van der Waals surface area contributed by atoms with E-state index in [0.717, 1.165) is 17.9 Å². The zero-order chi connectivity index (χ0) is 43.6. The lowest BCUT2D eigenvalue weighted by molar-refractivity contribution is -0.145. The molecule has 59 heavy (non-hydrogen) atoms. The van der Waals surface area contributed by atoms with Gasteiger partial charge in [-0.05, 0) is 153 Å². The van der Waals surface area contributed by atoms with Crippen molar-refractivity contribution in [3.05, 3.63) is 155 Å². The molecule has 0 aliphatic heterocycles. The van der Waals surface area contributed by atoms with Crippen molar-refractivity contribution in [1.29, 1.82) is 0 Å². The lowest BCUT2D eigenvalue weighted by Gasteiger charge is -2.35. The molecule has 0 heterocycles. The van der Waals surface area contributed by atoms with Crippen molar-refractivity contribution >= 4 is 11.6 Å². The van der Waals surface area contributed by atoms with E-state index in [0.29, 0.717) is 24.0 Å². The van der Waals surface area contributed by atoms with Crippen molar-refractivity contribution in [3.63, 3.8) is 0 Å². The second-order valence-electron chi connectivity index (χ2n) is 18.9. The fourth-order valence-corrected chi connectivity index (χ4v) is 9.36. The third-order valence-electron chi connectivity index (χ3n) is 11.4. The molecule has 0 saturated carbocycles. The van der Waals surface area contributed by atoms with Gasteiger partial charge in [0.1, 0.15) is 33.9 Å². The summed E-state index contributed by atoms with van der Waals surface area (Å²) < 4.78 is 25.7. The monoisotopic (exact) mass is 798 g/mol. The van der Waals surface area contributed by atoms with Crippen LogP contribution in [-0.4, -0.2) is 46.2 Å². The molecule has 3 unspecified atom stereocenters. The molecule has 1 aliphatic carbocycles. The molecule has 0 aromatic heterocycles. The van der Waals surface area contributed by atoms with Crippen molar-refractivity contribution in [2.45, 2.75) is 148 Å². The average Bonchev–Trinajstić information content (AvgIpc) is 3.50. The average molecular weight is 799 g/mol. The summed E-state index contributed by atoms with van der Waals surface area (Å²) in [6.45, 7) is 30.4. The Hall–Kier alpha value is -4.78. The Morgan fingerprint density at radius 3 is 1.41 bits per heavy atom. The van der Waals surface area contributed by atoms with Crippen LogP contribution >= 0.6 is 0 Å². The van der Waals surface area contributed by atoms with E-state index in [2.05, 4.69) is 144 Å². The number of hydrogen-bond donors (Lipinski definition) is 0. The predicted octanol–water partition coefficient (Wildman–Crippen LogP) is 12.3. The Labute approximate surface area is 354 Å². The van der Waals surface area contributed by atoms with E-state index in [1.165, 1.54) is 27.8 Å². The van der Waals surface area contributed by atoms with Crippen LogP contribution in [-0.2, 0) is 24.5 Å². The molecule has 0 radical (unpaired) electrons. The number of ketones is 2. The highest BCUT2D eigenvalue weighted by Crippen LogP contribution is 2.56. The van der Waals surface area contributed by atoms with Gasteiger partial charge in [-0.15, -0.1) is 0 Å². The van der Waals surface area contributed by atoms with Crippen LogP contribution < -0.4 is 9.47 Å². The highest BCUT2D eigenvalue weighted by atomic mass is 16.5. The van der Waals surface area contributed by atoms with Crippen LogP contribution in [0.3, 0.4) is 0 Å². The maximum atomic E-state index is 12.7. The Kier molecular flexibility index (Phi) is 13.4. The smallest absolute Gasteiger partial charge is 0.189 e. The minimum atomic E-state index is -0.967. The Bertz CT molecular complexity index is 2020. The van der Waals surface area contributed by atoms with E-state index in [9.17, 15) is 9.59 Å². The molecule has 5 rings (SSSR count). The van der Waals surface area contributed by atoms with E-state index in [1.54, 1.807) is 41.5 Å². The molecule has 4 aromatic rings. The number of carbonyl (C=O) groups excluding carboxylic acids is 2. The molecular weight excluding hydrogens is 733 g/mol. The second kappa shape index (κ2) is 17.4. The maximum Gasteiger partial charge on any atom is 0.189 e. The summed E-state index contributed by atoms with van der Waals surface area (Å²) in [6, 6.07) is 36.8. The summed E-state index contributed by atoms with van der Waals surface area (Å²) in [6.07, 6.45) is 1.57. The molecule has 0 amide bonds. The van der Waals surface area contributed by atoms with Gasteiger partial charge < -0.3 is 18.9 Å². The van der Waals surface area contributed by atoms with Crippen LogP contribution in [0, 0.1) is 0 Å². The van der Waals surface area contributed by atoms with Crippen molar-refractivity contribution in [1.82, 2.24) is 0 Å². The summed E-state index contributed by atoms with van der Waals surface area (Å²) in [5, 5.41) is 0. The first-order chi connectivity index (χ1) is 27.5. The largest absolute Gasteiger partial charge is 0.488 e. The standard InChI is InChI=1S/C53H66O6/c1-35(2)47(54)51(11,12)56-37(5)32-49(7,8)58-42-28-24-40(25-29-42)53(34-45(39-20-16-15-17-21-39)44-22-18-19-23-46(44)53)41-26-30-43(31-27-41)59-50(9,10)33-38(6)57-52(13,14)48(55)36(3)4/h15-31,37-38,45H,1,3,32-34H2,2,4-14H3. The van der Waals surface area contributed by atoms with Gasteiger partial charge in [-0.25, -0.2) is 0 Å². The lowest BCUT2D eigenvalue weighted by Crippen LogP contribution is -2.41. The van der Waals surface area contributed by atoms with Gasteiger partial charge in [0.15, 0.2) is 11.6 Å². The number of Topliss-reactive ketones (excluding diaryl/α,β-unsaturated/α-hetero) is 2. The van der Waals surface area contributed by atoms with Crippen LogP contribution in [0.1, 0.15) is 136 Å². The highest BCUT2D eigenvalue weighted by Gasteiger charge is 2.47. The molecule has 1 aliphatic rings. The van der Waals surface area contributed by atoms with Gasteiger partial charge in [-0.1, -0.05) is 92.0 Å². The molecule has 0 spiro atoms. The minimum Gasteiger partial charge on any atom is -0.488 e. The van der Waals surface area contributed by atoms with Crippen LogP contribution in [0.25, 0.3) is 0 Å². The van der Waals surface area contributed by atoms with E-state index in [1.807, 2.05) is 13.8 Å². The van der Waals surface area contributed by atoms with Crippen LogP contribution in [0.15, 0.2) is 127 Å². The number of ether oxygens (including phenoxy) is 4. The van der Waals surface area contributed by atoms with Gasteiger partial charge in [0.25, 0.3) is 0 Å². The number of fused-ring (bicyclic) bond motifs is 1. The van der Waals surface area contributed by atoms with Crippen molar-refractivity contribution in [3.8, 4) is 11.5 Å². The predicted molar refractivity (Wildman–Crippen MR) is 240 cm³/mol. The fourth-order valence-electron chi connectivity index (χ4n) is 9.36. The molecule has 0 N–H and O–H groups in total. The highest BCUT2D eigenvalue weighted by molar-refractivity contribution is 6.00. The van der Waals surface area contributed by atoms with Gasteiger partial charge in [0, 0.05) is 24.2 Å². The topological polar surface area (TPSA) is 71.1 Å². The number of rotatable bonds is 19. The molecule has 3 atom stereocenters. The first-order valence-corrected chi connectivity index (χ1v) is 21.0. The van der Waals surface area contributed by atoms with E-state index in [-0.39, 0.29) is 29.7 Å². The van der Waals surface area contributed by atoms with E-state index < -0.39 is 27.8 Å². The SMILES string of the molecule is C=C(C)C(=O)C(C)(C)OC(C)CC(C)(C)Oc1ccc(C2(c3ccc(OC(C)(C)CC(C)OC(C)(C)C(=O)C(=C)C)cc3)CC(c3ccccc3)c3ccccc32)cc1. The zero-order valence-electron chi connectivity index (χ0n) is 37.5. The van der Waals surface area contributed by atoms with E-state index in [4.69, 9.17) is 18.9 Å². The third-order valence-corrected chi connectivity index (χ3v) is 11.4. The number of carbonyl (C=O) groups is 2. The first kappa shape index (κ1) is 45.3. The second-order valence-corrected chi connectivity index (χ2v) is 18.9. The fraction of sp³-hybridized carbons (Fsp3) is 0.434. The van der Waals surface area contributed by atoms with Gasteiger partial charge in [-0.2, -0.15) is 0 Å². The van der Waals surface area contributed by atoms with Crippen LogP contribution in [0.5, 0.6) is 11.5 Å². The molecule has 4 aromatic carbocycles. The maximum absolute atomic E-state index is 12.7. The van der Waals surface area contributed by atoms with Crippen molar-refractivity contribution in [2.24, 2.45) is 0 Å². The Morgan fingerprint density at radius 2 is 1.00 bits per heavy atom. The minimum absolute atomic E-state index is 0.101. The van der Waals surface area contributed by atoms with Gasteiger partial charge in [0.05, 0.1) is 12.2 Å². The summed E-state index contributed by atoms with van der Waals surface area (Å²) in [5.74, 6) is 1.52. The first-order valence-electron chi connectivity index (χ1n) is 21.0. The quantitative estimate of drug-likeness (QED) is 0.0880. The van der Waals surface area contributed by atoms with Gasteiger partial charge in [0.2, 0.25) is 0 Å². The summed E-state index contributed by atoms with van der Waals surface area (Å²) in [7, 11) is 0. The Balaban J connectivity index is 1.43. The number of benzene rings is 4. The normalized spacial score (nSPS) is 18.1. The molecule has 0 fully saturated rings.